The number of allylic oxidation sites excluding steroid dienone is 1. The smallest absolute Gasteiger partial charge is 0.312 e. The molecule has 1 fully saturated rings. The van der Waals surface area contributed by atoms with Gasteiger partial charge in [-0.25, -0.2) is 0 Å². The molecule has 1 saturated carbocycles. The van der Waals surface area contributed by atoms with E-state index in [0.717, 1.165) is 6.42 Å². The minimum Gasteiger partial charge on any atom is -0.469 e. The lowest BCUT2D eigenvalue weighted by molar-refractivity contribution is -0.146. The van der Waals surface area contributed by atoms with E-state index in [9.17, 15) is 4.79 Å². The highest BCUT2D eigenvalue weighted by Crippen LogP contribution is 2.53. The van der Waals surface area contributed by atoms with Gasteiger partial charge in [-0.3, -0.25) is 4.79 Å². The van der Waals surface area contributed by atoms with Crippen molar-refractivity contribution >= 4 is 5.97 Å². The monoisotopic (exact) mass is 140 g/mol. The highest BCUT2D eigenvalue weighted by Gasteiger charge is 2.55. The van der Waals surface area contributed by atoms with E-state index in [4.69, 9.17) is 0 Å². The van der Waals surface area contributed by atoms with Gasteiger partial charge in [-0.1, -0.05) is 6.08 Å². The fraction of sp³-hybridized carbons (Fsp3) is 0.625. The quantitative estimate of drug-likeness (QED) is 0.427. The van der Waals surface area contributed by atoms with Crippen LogP contribution >= 0.6 is 0 Å². The van der Waals surface area contributed by atoms with Gasteiger partial charge in [-0.15, -0.1) is 6.58 Å². The third kappa shape index (κ3) is 0.838. The Hall–Kier alpha value is -0.790. The summed E-state index contributed by atoms with van der Waals surface area (Å²) in [6.07, 6.45) is 2.71. The van der Waals surface area contributed by atoms with Gasteiger partial charge >= 0.3 is 5.97 Å². The molecule has 1 aliphatic carbocycles. The predicted molar refractivity (Wildman–Crippen MR) is 38.4 cm³/mol. The first kappa shape index (κ1) is 7.32. The van der Waals surface area contributed by atoms with Crippen LogP contribution in [0, 0.1) is 11.3 Å². The van der Waals surface area contributed by atoms with Crippen molar-refractivity contribution in [2.45, 2.75) is 13.3 Å². The number of carbonyl (C=O) groups excluding carboxylic acids is 1. The summed E-state index contributed by atoms with van der Waals surface area (Å²) in [7, 11) is 1.42. The average molecular weight is 140 g/mol. The number of ether oxygens (including phenoxy) is 1. The van der Waals surface area contributed by atoms with Crippen LogP contribution in [-0.4, -0.2) is 13.1 Å². The van der Waals surface area contributed by atoms with E-state index in [1.807, 2.05) is 13.0 Å². The van der Waals surface area contributed by atoms with Crippen molar-refractivity contribution in [3.05, 3.63) is 12.7 Å². The standard InChI is InChI=1S/C8H12O2/c1-4-6-5-8(6,2)7(9)10-3/h4,6H,1,5H2,2-3H3/t6?,8-/m0/s1. The normalized spacial score (nSPS) is 36.8. The summed E-state index contributed by atoms with van der Waals surface area (Å²) >= 11 is 0. The lowest BCUT2D eigenvalue weighted by atomic mass is 10.1. The van der Waals surface area contributed by atoms with Gasteiger partial charge in [0.15, 0.2) is 0 Å². The third-order valence-electron chi connectivity index (χ3n) is 2.24. The molecule has 1 unspecified atom stereocenters. The lowest BCUT2D eigenvalue weighted by Gasteiger charge is -2.04. The van der Waals surface area contributed by atoms with Crippen molar-refractivity contribution in [3.63, 3.8) is 0 Å². The van der Waals surface area contributed by atoms with Crippen LogP contribution in [0.3, 0.4) is 0 Å². The number of hydrogen-bond acceptors (Lipinski definition) is 2. The van der Waals surface area contributed by atoms with Crippen molar-refractivity contribution in [1.29, 1.82) is 0 Å². The minimum absolute atomic E-state index is 0.114. The maximum Gasteiger partial charge on any atom is 0.312 e. The van der Waals surface area contributed by atoms with Gasteiger partial charge in [-0.2, -0.15) is 0 Å². The van der Waals surface area contributed by atoms with E-state index >= 15 is 0 Å². The first-order chi connectivity index (χ1) is 4.65. The Morgan fingerprint density at radius 2 is 2.50 bits per heavy atom. The van der Waals surface area contributed by atoms with Crippen LogP contribution in [-0.2, 0) is 9.53 Å². The Labute approximate surface area is 60.9 Å². The molecule has 0 aromatic heterocycles. The molecule has 0 bridgehead atoms. The first-order valence-electron chi connectivity index (χ1n) is 3.36. The van der Waals surface area contributed by atoms with Crippen molar-refractivity contribution in [2.75, 3.05) is 7.11 Å². The van der Waals surface area contributed by atoms with Gasteiger partial charge in [-0.05, 0) is 19.3 Å². The largest absolute Gasteiger partial charge is 0.469 e. The highest BCUT2D eigenvalue weighted by molar-refractivity contribution is 5.80. The van der Waals surface area contributed by atoms with Crippen molar-refractivity contribution < 1.29 is 9.53 Å². The number of rotatable bonds is 2. The lowest BCUT2D eigenvalue weighted by Crippen LogP contribution is -2.15. The van der Waals surface area contributed by atoms with E-state index in [1.165, 1.54) is 7.11 Å². The van der Waals surface area contributed by atoms with E-state index in [-0.39, 0.29) is 11.4 Å². The Bertz CT molecular complexity index is 174. The molecule has 0 aromatic carbocycles. The molecule has 0 aromatic rings. The van der Waals surface area contributed by atoms with Gasteiger partial charge in [0.2, 0.25) is 0 Å². The van der Waals surface area contributed by atoms with Gasteiger partial charge in [0.1, 0.15) is 0 Å². The molecule has 2 heteroatoms. The Balaban J connectivity index is 2.58. The van der Waals surface area contributed by atoms with Crippen LogP contribution < -0.4 is 0 Å². The SMILES string of the molecule is C=CC1C[C@]1(C)C(=O)OC. The van der Waals surface area contributed by atoms with Gasteiger partial charge in [0, 0.05) is 0 Å². The van der Waals surface area contributed by atoms with E-state index in [2.05, 4.69) is 11.3 Å². The Morgan fingerprint density at radius 3 is 2.80 bits per heavy atom. The summed E-state index contributed by atoms with van der Waals surface area (Å²) in [5.41, 5.74) is -0.253. The van der Waals surface area contributed by atoms with Crippen LogP contribution in [0.5, 0.6) is 0 Å². The number of hydrogen-bond donors (Lipinski definition) is 0. The molecule has 0 saturated heterocycles. The van der Waals surface area contributed by atoms with Crippen molar-refractivity contribution in [1.82, 2.24) is 0 Å². The molecule has 56 valence electrons. The topological polar surface area (TPSA) is 26.3 Å². The second kappa shape index (κ2) is 2.11. The maximum absolute atomic E-state index is 11.0. The summed E-state index contributed by atoms with van der Waals surface area (Å²) < 4.78 is 4.62. The van der Waals surface area contributed by atoms with Crippen LogP contribution in [0.15, 0.2) is 12.7 Å². The zero-order chi connectivity index (χ0) is 7.78. The molecule has 0 amide bonds. The summed E-state index contributed by atoms with van der Waals surface area (Å²) in [6, 6.07) is 0. The Morgan fingerprint density at radius 1 is 1.90 bits per heavy atom. The van der Waals surface area contributed by atoms with Crippen LogP contribution in [0.2, 0.25) is 0 Å². The van der Waals surface area contributed by atoms with Crippen molar-refractivity contribution in [3.8, 4) is 0 Å². The summed E-state index contributed by atoms with van der Waals surface area (Å²) in [6.45, 7) is 5.53. The second-order valence-corrected chi connectivity index (χ2v) is 2.96. The fourth-order valence-electron chi connectivity index (χ4n) is 1.21. The predicted octanol–water partition coefficient (Wildman–Crippen LogP) is 1.37. The molecule has 0 spiro atoms. The third-order valence-corrected chi connectivity index (χ3v) is 2.24. The molecular formula is C8H12O2. The molecule has 2 nitrogen and oxygen atoms in total. The minimum atomic E-state index is -0.253. The number of esters is 1. The van der Waals surface area contributed by atoms with Crippen LogP contribution in [0.1, 0.15) is 13.3 Å². The number of methoxy groups -OCH3 is 1. The Kier molecular flexibility index (Phi) is 1.55. The molecule has 0 heterocycles. The molecule has 0 radical (unpaired) electrons. The van der Waals surface area contributed by atoms with Crippen LogP contribution in [0.4, 0.5) is 0 Å². The molecule has 0 N–H and O–H groups in total. The second-order valence-electron chi connectivity index (χ2n) is 2.96. The highest BCUT2D eigenvalue weighted by atomic mass is 16.5. The first-order valence-corrected chi connectivity index (χ1v) is 3.36. The van der Waals surface area contributed by atoms with Gasteiger partial charge in [0.05, 0.1) is 12.5 Å². The molecule has 10 heavy (non-hydrogen) atoms. The van der Waals surface area contributed by atoms with Crippen LogP contribution in [0.25, 0.3) is 0 Å². The number of carbonyl (C=O) groups is 1. The zero-order valence-corrected chi connectivity index (χ0v) is 6.39. The average Bonchev–Trinajstić information content (AvgIpc) is 2.61. The molecule has 0 aliphatic heterocycles. The van der Waals surface area contributed by atoms with E-state index in [0.29, 0.717) is 5.92 Å². The molecule has 2 atom stereocenters. The summed E-state index contributed by atoms with van der Waals surface area (Å²) in [5.74, 6) is 0.220. The molecular weight excluding hydrogens is 128 g/mol. The zero-order valence-electron chi connectivity index (χ0n) is 6.39. The molecule has 1 aliphatic rings. The summed E-state index contributed by atoms with van der Waals surface area (Å²) in [5, 5.41) is 0. The summed E-state index contributed by atoms with van der Waals surface area (Å²) in [4.78, 5) is 11.0. The maximum atomic E-state index is 11.0. The van der Waals surface area contributed by atoms with E-state index < -0.39 is 0 Å². The van der Waals surface area contributed by atoms with Crippen molar-refractivity contribution in [2.24, 2.45) is 11.3 Å². The van der Waals surface area contributed by atoms with E-state index in [1.54, 1.807) is 0 Å². The van der Waals surface area contributed by atoms with Gasteiger partial charge < -0.3 is 4.74 Å². The molecule has 1 rings (SSSR count). The fourth-order valence-corrected chi connectivity index (χ4v) is 1.21. The van der Waals surface area contributed by atoms with Gasteiger partial charge in [0.25, 0.3) is 0 Å².